The SMILES string of the molecule is CC(CO)C1CCCC1(O)c1ccccc1. The van der Waals surface area contributed by atoms with E-state index in [1.807, 2.05) is 37.3 Å². The Morgan fingerprint density at radius 3 is 2.69 bits per heavy atom. The summed E-state index contributed by atoms with van der Waals surface area (Å²) in [5, 5.41) is 20.1. The largest absolute Gasteiger partial charge is 0.396 e. The van der Waals surface area contributed by atoms with E-state index in [1.54, 1.807) is 0 Å². The van der Waals surface area contributed by atoms with Crippen LogP contribution in [0.4, 0.5) is 0 Å². The molecular weight excluding hydrogens is 200 g/mol. The first-order chi connectivity index (χ1) is 7.68. The van der Waals surface area contributed by atoms with Crippen LogP contribution in [0.25, 0.3) is 0 Å². The average Bonchev–Trinajstić information content (AvgIpc) is 2.73. The molecule has 0 heterocycles. The Hall–Kier alpha value is -0.860. The number of hydrogen-bond donors (Lipinski definition) is 2. The Balaban J connectivity index is 2.29. The van der Waals surface area contributed by atoms with Gasteiger partial charge in [0.15, 0.2) is 0 Å². The van der Waals surface area contributed by atoms with Gasteiger partial charge in [-0.2, -0.15) is 0 Å². The van der Waals surface area contributed by atoms with E-state index in [1.165, 1.54) is 0 Å². The van der Waals surface area contributed by atoms with E-state index >= 15 is 0 Å². The zero-order valence-corrected chi connectivity index (χ0v) is 9.76. The predicted octanol–water partition coefficient (Wildman–Crippen LogP) is 2.30. The van der Waals surface area contributed by atoms with Crippen molar-refractivity contribution in [3.8, 4) is 0 Å². The summed E-state index contributed by atoms with van der Waals surface area (Å²) in [6.45, 7) is 2.17. The quantitative estimate of drug-likeness (QED) is 0.820. The monoisotopic (exact) mass is 220 g/mol. The van der Waals surface area contributed by atoms with E-state index < -0.39 is 5.60 Å². The van der Waals surface area contributed by atoms with Gasteiger partial charge in [0.25, 0.3) is 0 Å². The third kappa shape index (κ3) is 1.87. The van der Waals surface area contributed by atoms with E-state index in [0.717, 1.165) is 24.8 Å². The van der Waals surface area contributed by atoms with Gasteiger partial charge in [-0.25, -0.2) is 0 Å². The minimum absolute atomic E-state index is 0.153. The Bertz CT molecular complexity index is 336. The Kier molecular flexibility index (Phi) is 3.31. The van der Waals surface area contributed by atoms with E-state index in [4.69, 9.17) is 0 Å². The molecule has 0 bridgehead atoms. The number of aliphatic hydroxyl groups is 2. The van der Waals surface area contributed by atoms with Crippen molar-refractivity contribution in [1.82, 2.24) is 0 Å². The van der Waals surface area contributed by atoms with Gasteiger partial charge in [0.2, 0.25) is 0 Å². The molecule has 2 heteroatoms. The standard InChI is InChI=1S/C14H20O2/c1-11(10-15)13-8-5-9-14(13,16)12-6-3-2-4-7-12/h2-4,6-7,11,13,15-16H,5,8-10H2,1H3. The number of aliphatic hydroxyl groups excluding tert-OH is 1. The van der Waals surface area contributed by atoms with E-state index in [2.05, 4.69) is 0 Å². The highest BCUT2D eigenvalue weighted by atomic mass is 16.3. The lowest BCUT2D eigenvalue weighted by atomic mass is 9.77. The Morgan fingerprint density at radius 1 is 1.38 bits per heavy atom. The molecule has 0 amide bonds. The van der Waals surface area contributed by atoms with Crippen molar-refractivity contribution in [2.75, 3.05) is 6.61 Å². The van der Waals surface area contributed by atoms with Crippen molar-refractivity contribution in [2.45, 2.75) is 31.8 Å². The average molecular weight is 220 g/mol. The van der Waals surface area contributed by atoms with E-state index in [0.29, 0.717) is 0 Å². The van der Waals surface area contributed by atoms with Crippen LogP contribution in [0.3, 0.4) is 0 Å². The highest BCUT2D eigenvalue weighted by Crippen LogP contribution is 2.46. The summed E-state index contributed by atoms with van der Waals surface area (Å²) in [6.07, 6.45) is 2.86. The molecule has 1 aromatic carbocycles. The summed E-state index contributed by atoms with van der Waals surface area (Å²) in [5.74, 6) is 0.340. The number of benzene rings is 1. The Labute approximate surface area is 96.9 Å². The molecule has 1 fully saturated rings. The summed E-state index contributed by atoms with van der Waals surface area (Å²) >= 11 is 0. The van der Waals surface area contributed by atoms with Crippen LogP contribution < -0.4 is 0 Å². The summed E-state index contributed by atoms with van der Waals surface area (Å²) < 4.78 is 0. The lowest BCUT2D eigenvalue weighted by Crippen LogP contribution is -2.35. The van der Waals surface area contributed by atoms with Gasteiger partial charge in [0, 0.05) is 6.61 Å². The molecule has 2 rings (SSSR count). The van der Waals surface area contributed by atoms with Gasteiger partial charge in [-0.1, -0.05) is 37.3 Å². The zero-order valence-electron chi connectivity index (χ0n) is 9.76. The molecule has 16 heavy (non-hydrogen) atoms. The topological polar surface area (TPSA) is 40.5 Å². The molecule has 3 unspecified atom stereocenters. The normalized spacial score (nSPS) is 31.6. The molecule has 0 spiro atoms. The maximum atomic E-state index is 10.8. The molecule has 1 aliphatic rings. The Morgan fingerprint density at radius 2 is 2.06 bits per heavy atom. The smallest absolute Gasteiger partial charge is 0.0927 e. The molecule has 1 aliphatic carbocycles. The van der Waals surface area contributed by atoms with Crippen molar-refractivity contribution < 1.29 is 10.2 Å². The predicted molar refractivity (Wildman–Crippen MR) is 63.9 cm³/mol. The molecule has 1 saturated carbocycles. The van der Waals surface area contributed by atoms with Crippen LogP contribution in [0.15, 0.2) is 30.3 Å². The summed E-state index contributed by atoms with van der Waals surface area (Å²) in [6, 6.07) is 9.87. The fourth-order valence-corrected chi connectivity index (χ4v) is 2.98. The number of rotatable bonds is 3. The molecule has 0 aliphatic heterocycles. The highest BCUT2D eigenvalue weighted by Gasteiger charge is 2.44. The van der Waals surface area contributed by atoms with Gasteiger partial charge >= 0.3 is 0 Å². The molecule has 88 valence electrons. The molecular formula is C14H20O2. The van der Waals surface area contributed by atoms with Gasteiger partial charge in [-0.05, 0) is 36.7 Å². The van der Waals surface area contributed by atoms with Crippen LogP contribution in [0.5, 0.6) is 0 Å². The first-order valence-corrected chi connectivity index (χ1v) is 6.07. The van der Waals surface area contributed by atoms with Gasteiger partial charge < -0.3 is 10.2 Å². The second-order valence-electron chi connectivity index (χ2n) is 4.95. The van der Waals surface area contributed by atoms with Crippen LogP contribution in [-0.4, -0.2) is 16.8 Å². The third-order valence-corrected chi connectivity index (χ3v) is 3.94. The summed E-state index contributed by atoms with van der Waals surface area (Å²) in [4.78, 5) is 0. The second kappa shape index (κ2) is 4.56. The van der Waals surface area contributed by atoms with Crippen LogP contribution in [0, 0.1) is 11.8 Å². The summed E-state index contributed by atoms with van der Waals surface area (Å²) in [7, 11) is 0. The second-order valence-corrected chi connectivity index (χ2v) is 4.95. The van der Waals surface area contributed by atoms with Crippen LogP contribution in [-0.2, 0) is 5.60 Å². The minimum atomic E-state index is -0.733. The third-order valence-electron chi connectivity index (χ3n) is 3.94. The summed E-state index contributed by atoms with van der Waals surface area (Å²) in [5.41, 5.74) is 0.265. The van der Waals surface area contributed by atoms with Crippen LogP contribution in [0.2, 0.25) is 0 Å². The number of hydrogen-bond acceptors (Lipinski definition) is 2. The van der Waals surface area contributed by atoms with Gasteiger partial charge in [0.05, 0.1) is 5.60 Å². The molecule has 0 radical (unpaired) electrons. The van der Waals surface area contributed by atoms with Crippen molar-refractivity contribution in [2.24, 2.45) is 11.8 Å². The molecule has 2 nitrogen and oxygen atoms in total. The molecule has 0 aromatic heterocycles. The highest BCUT2D eigenvalue weighted by molar-refractivity contribution is 5.24. The molecule has 2 N–H and O–H groups in total. The maximum absolute atomic E-state index is 10.8. The van der Waals surface area contributed by atoms with Crippen molar-refractivity contribution >= 4 is 0 Å². The first kappa shape index (κ1) is 11.6. The van der Waals surface area contributed by atoms with Gasteiger partial charge in [-0.15, -0.1) is 0 Å². The molecule has 0 saturated heterocycles. The van der Waals surface area contributed by atoms with Gasteiger partial charge in [0.1, 0.15) is 0 Å². The van der Waals surface area contributed by atoms with E-state index in [9.17, 15) is 10.2 Å². The lowest BCUT2D eigenvalue weighted by Gasteiger charge is -2.34. The lowest BCUT2D eigenvalue weighted by molar-refractivity contribution is -0.0327. The van der Waals surface area contributed by atoms with Crippen LogP contribution >= 0.6 is 0 Å². The van der Waals surface area contributed by atoms with Gasteiger partial charge in [-0.3, -0.25) is 0 Å². The fraction of sp³-hybridized carbons (Fsp3) is 0.571. The molecule has 1 aromatic rings. The first-order valence-electron chi connectivity index (χ1n) is 6.07. The minimum Gasteiger partial charge on any atom is -0.396 e. The van der Waals surface area contributed by atoms with E-state index in [-0.39, 0.29) is 18.4 Å². The van der Waals surface area contributed by atoms with Crippen molar-refractivity contribution in [3.63, 3.8) is 0 Å². The maximum Gasteiger partial charge on any atom is 0.0927 e. The fourth-order valence-electron chi connectivity index (χ4n) is 2.98. The molecule has 3 atom stereocenters. The zero-order chi connectivity index (χ0) is 11.6. The van der Waals surface area contributed by atoms with Crippen molar-refractivity contribution in [1.29, 1.82) is 0 Å². The van der Waals surface area contributed by atoms with Crippen LogP contribution in [0.1, 0.15) is 31.7 Å². The van der Waals surface area contributed by atoms with Crippen molar-refractivity contribution in [3.05, 3.63) is 35.9 Å².